The van der Waals surface area contributed by atoms with Crippen molar-refractivity contribution in [3.63, 3.8) is 0 Å². The van der Waals surface area contributed by atoms with Crippen LogP contribution in [0.4, 0.5) is 5.69 Å². The molecule has 6 heteroatoms. The van der Waals surface area contributed by atoms with Gasteiger partial charge in [0.05, 0.1) is 14.2 Å². The second-order valence-corrected chi connectivity index (χ2v) is 7.19. The minimum atomic E-state index is -0.179. The van der Waals surface area contributed by atoms with Gasteiger partial charge in [0.1, 0.15) is 6.42 Å². The molecule has 2 aromatic carbocycles. The SMILES string of the molecule is CCN(C(=O)CC(=O)N1CCc2cc(OC)c(OC)cc2C1)c1cccc(C)c1. The Morgan fingerprint density at radius 1 is 1.07 bits per heavy atom. The van der Waals surface area contributed by atoms with Gasteiger partial charge >= 0.3 is 0 Å². The summed E-state index contributed by atoms with van der Waals surface area (Å²) in [7, 11) is 3.21. The molecule has 0 unspecified atom stereocenters. The van der Waals surface area contributed by atoms with E-state index in [1.165, 1.54) is 0 Å². The van der Waals surface area contributed by atoms with Gasteiger partial charge in [0.2, 0.25) is 11.8 Å². The topological polar surface area (TPSA) is 59.1 Å². The van der Waals surface area contributed by atoms with Gasteiger partial charge in [-0.15, -0.1) is 0 Å². The van der Waals surface area contributed by atoms with Crippen LogP contribution in [0.2, 0.25) is 0 Å². The first-order chi connectivity index (χ1) is 14.0. The Labute approximate surface area is 172 Å². The molecule has 0 atom stereocenters. The molecule has 0 bridgehead atoms. The first-order valence-corrected chi connectivity index (χ1v) is 9.85. The van der Waals surface area contributed by atoms with Gasteiger partial charge in [-0.3, -0.25) is 9.59 Å². The highest BCUT2D eigenvalue weighted by Crippen LogP contribution is 2.33. The van der Waals surface area contributed by atoms with Crippen LogP contribution in [-0.2, 0) is 22.6 Å². The Bertz CT molecular complexity index is 910. The minimum absolute atomic E-state index is 0.135. The van der Waals surface area contributed by atoms with Crippen molar-refractivity contribution in [2.45, 2.75) is 33.2 Å². The molecule has 2 amide bonds. The van der Waals surface area contributed by atoms with E-state index in [1.807, 2.05) is 50.2 Å². The van der Waals surface area contributed by atoms with E-state index < -0.39 is 0 Å². The summed E-state index contributed by atoms with van der Waals surface area (Å²) in [5, 5.41) is 0. The third kappa shape index (κ3) is 4.53. The van der Waals surface area contributed by atoms with E-state index in [0.717, 1.165) is 28.8 Å². The van der Waals surface area contributed by atoms with Gasteiger partial charge < -0.3 is 19.3 Å². The molecule has 0 spiro atoms. The van der Waals surface area contributed by atoms with Crippen molar-refractivity contribution in [2.75, 3.05) is 32.2 Å². The monoisotopic (exact) mass is 396 g/mol. The number of aryl methyl sites for hydroxylation is 1. The van der Waals surface area contributed by atoms with Gasteiger partial charge in [-0.1, -0.05) is 12.1 Å². The number of benzene rings is 2. The predicted octanol–water partition coefficient (Wildman–Crippen LogP) is 3.34. The van der Waals surface area contributed by atoms with Crippen LogP contribution in [0.15, 0.2) is 36.4 Å². The Balaban J connectivity index is 1.70. The van der Waals surface area contributed by atoms with E-state index in [2.05, 4.69) is 0 Å². The molecule has 6 nitrogen and oxygen atoms in total. The summed E-state index contributed by atoms with van der Waals surface area (Å²) in [5.74, 6) is 1.01. The average molecular weight is 396 g/mol. The maximum atomic E-state index is 12.8. The molecular formula is C23H28N2O4. The molecule has 0 N–H and O–H groups in total. The molecule has 3 rings (SSSR count). The molecule has 1 heterocycles. The molecule has 0 aromatic heterocycles. The number of anilines is 1. The van der Waals surface area contributed by atoms with Crippen LogP contribution in [0.3, 0.4) is 0 Å². The normalized spacial score (nSPS) is 12.9. The van der Waals surface area contributed by atoms with Gasteiger partial charge in [-0.25, -0.2) is 0 Å². The molecule has 0 radical (unpaired) electrons. The fraction of sp³-hybridized carbons (Fsp3) is 0.391. The highest BCUT2D eigenvalue weighted by atomic mass is 16.5. The fourth-order valence-electron chi connectivity index (χ4n) is 3.73. The summed E-state index contributed by atoms with van der Waals surface area (Å²) in [5.41, 5.74) is 4.08. The van der Waals surface area contributed by atoms with Crippen molar-refractivity contribution in [1.82, 2.24) is 4.90 Å². The van der Waals surface area contributed by atoms with Gasteiger partial charge in [0, 0.05) is 25.3 Å². The number of carbonyl (C=O) groups is 2. The average Bonchev–Trinajstić information content (AvgIpc) is 2.72. The Morgan fingerprint density at radius 3 is 2.38 bits per heavy atom. The minimum Gasteiger partial charge on any atom is -0.493 e. The van der Waals surface area contributed by atoms with Gasteiger partial charge in [0.25, 0.3) is 0 Å². The Morgan fingerprint density at radius 2 is 1.76 bits per heavy atom. The van der Waals surface area contributed by atoms with Crippen LogP contribution < -0.4 is 14.4 Å². The first-order valence-electron chi connectivity index (χ1n) is 9.85. The van der Waals surface area contributed by atoms with Gasteiger partial charge in [-0.05, 0) is 61.2 Å². The zero-order valence-corrected chi connectivity index (χ0v) is 17.5. The third-order valence-corrected chi connectivity index (χ3v) is 5.30. The molecule has 0 fully saturated rings. The van der Waals surface area contributed by atoms with Crippen molar-refractivity contribution in [2.24, 2.45) is 0 Å². The molecule has 1 aliphatic heterocycles. The summed E-state index contributed by atoms with van der Waals surface area (Å²) < 4.78 is 10.7. The number of nitrogens with zero attached hydrogens (tertiary/aromatic N) is 2. The third-order valence-electron chi connectivity index (χ3n) is 5.30. The molecule has 2 aromatic rings. The van der Waals surface area contributed by atoms with Crippen LogP contribution in [-0.4, -0.2) is 44.0 Å². The molecule has 1 aliphatic rings. The van der Waals surface area contributed by atoms with E-state index in [0.29, 0.717) is 31.1 Å². The van der Waals surface area contributed by atoms with Crippen molar-refractivity contribution in [3.8, 4) is 11.5 Å². The van der Waals surface area contributed by atoms with Crippen LogP contribution >= 0.6 is 0 Å². The molecule has 0 saturated carbocycles. The number of ether oxygens (including phenoxy) is 2. The summed E-state index contributed by atoms with van der Waals surface area (Å²) in [6.45, 7) is 5.49. The number of carbonyl (C=O) groups excluding carboxylic acids is 2. The van der Waals surface area contributed by atoms with Gasteiger partial charge in [0.15, 0.2) is 11.5 Å². The standard InChI is InChI=1S/C23H28N2O4/c1-5-25(19-8-6-7-16(2)11-19)23(27)14-22(26)24-10-9-17-12-20(28-3)21(29-4)13-18(17)15-24/h6-8,11-13H,5,9-10,14-15H2,1-4H3. The zero-order chi connectivity index (χ0) is 21.0. The first kappa shape index (κ1) is 20.7. The lowest BCUT2D eigenvalue weighted by molar-refractivity contribution is -0.136. The summed E-state index contributed by atoms with van der Waals surface area (Å²) in [6, 6.07) is 11.7. The van der Waals surface area contributed by atoms with E-state index in [9.17, 15) is 9.59 Å². The van der Waals surface area contributed by atoms with Crippen LogP contribution in [0.1, 0.15) is 30.0 Å². The van der Waals surface area contributed by atoms with Crippen molar-refractivity contribution in [3.05, 3.63) is 53.1 Å². The van der Waals surface area contributed by atoms with Crippen molar-refractivity contribution >= 4 is 17.5 Å². The Hall–Kier alpha value is -3.02. The highest BCUT2D eigenvalue weighted by Gasteiger charge is 2.26. The number of fused-ring (bicyclic) bond motifs is 1. The fourth-order valence-corrected chi connectivity index (χ4v) is 3.73. The molecule has 154 valence electrons. The highest BCUT2D eigenvalue weighted by molar-refractivity contribution is 6.05. The lowest BCUT2D eigenvalue weighted by atomic mass is 9.98. The second-order valence-electron chi connectivity index (χ2n) is 7.19. The van der Waals surface area contributed by atoms with Crippen LogP contribution in [0.5, 0.6) is 11.5 Å². The maximum absolute atomic E-state index is 12.8. The number of rotatable bonds is 6. The van der Waals surface area contributed by atoms with E-state index in [4.69, 9.17) is 9.47 Å². The maximum Gasteiger partial charge on any atom is 0.236 e. The zero-order valence-electron chi connectivity index (χ0n) is 17.5. The van der Waals surface area contributed by atoms with E-state index in [1.54, 1.807) is 24.0 Å². The van der Waals surface area contributed by atoms with Crippen LogP contribution in [0.25, 0.3) is 0 Å². The summed E-state index contributed by atoms with van der Waals surface area (Å²) in [4.78, 5) is 29.1. The number of hydrogen-bond acceptors (Lipinski definition) is 4. The number of amides is 2. The van der Waals surface area contributed by atoms with Crippen molar-refractivity contribution in [1.29, 1.82) is 0 Å². The molecule has 29 heavy (non-hydrogen) atoms. The molecule has 0 aliphatic carbocycles. The van der Waals surface area contributed by atoms with Crippen LogP contribution in [0, 0.1) is 6.92 Å². The largest absolute Gasteiger partial charge is 0.493 e. The van der Waals surface area contributed by atoms with Crippen molar-refractivity contribution < 1.29 is 19.1 Å². The van der Waals surface area contributed by atoms with Gasteiger partial charge in [-0.2, -0.15) is 0 Å². The quantitative estimate of drug-likeness (QED) is 0.703. The lowest BCUT2D eigenvalue weighted by Crippen LogP contribution is -2.40. The number of hydrogen-bond donors (Lipinski definition) is 0. The summed E-state index contributed by atoms with van der Waals surface area (Å²) in [6.07, 6.45) is 0.593. The predicted molar refractivity (Wildman–Crippen MR) is 112 cm³/mol. The molecule has 0 saturated heterocycles. The number of methoxy groups -OCH3 is 2. The van der Waals surface area contributed by atoms with E-state index >= 15 is 0 Å². The van der Waals surface area contributed by atoms with E-state index in [-0.39, 0.29) is 18.2 Å². The smallest absolute Gasteiger partial charge is 0.236 e. The molecular weight excluding hydrogens is 368 g/mol. The summed E-state index contributed by atoms with van der Waals surface area (Å²) >= 11 is 0. The lowest BCUT2D eigenvalue weighted by Gasteiger charge is -2.30. The second kappa shape index (κ2) is 8.99. The Kier molecular flexibility index (Phi) is 6.42.